The van der Waals surface area contributed by atoms with E-state index >= 15 is 0 Å². The highest BCUT2D eigenvalue weighted by molar-refractivity contribution is 5.82. The van der Waals surface area contributed by atoms with Gasteiger partial charge >= 0.3 is 0 Å². The van der Waals surface area contributed by atoms with Crippen LogP contribution < -0.4 is 16.4 Å². The largest absolute Gasteiger partial charge is 0.370 e. The van der Waals surface area contributed by atoms with Gasteiger partial charge in [0.1, 0.15) is 6.10 Å². The Bertz CT molecular complexity index is 217. The van der Waals surface area contributed by atoms with Crippen molar-refractivity contribution in [1.82, 2.24) is 10.6 Å². The predicted octanol–water partition coefficient (Wildman–Crippen LogP) is -1.01. The molecule has 1 unspecified atom stereocenters. The lowest BCUT2D eigenvalue weighted by molar-refractivity contribution is -0.130. The molecule has 0 aliphatic rings. The molecule has 0 radical (unpaired) electrons. The van der Waals surface area contributed by atoms with Crippen molar-refractivity contribution in [1.29, 1.82) is 0 Å². The number of carbonyl (C=O) groups is 2. The molecule has 2 amide bonds. The molecule has 0 bridgehead atoms. The van der Waals surface area contributed by atoms with Gasteiger partial charge in [-0.3, -0.25) is 9.59 Å². The van der Waals surface area contributed by atoms with Crippen LogP contribution in [-0.4, -0.2) is 44.7 Å². The lowest BCUT2D eigenvalue weighted by atomic mass is 10.3. The first kappa shape index (κ1) is 14.9. The van der Waals surface area contributed by atoms with Gasteiger partial charge in [-0.25, -0.2) is 0 Å². The van der Waals surface area contributed by atoms with E-state index in [1.165, 1.54) is 7.11 Å². The van der Waals surface area contributed by atoms with Crippen LogP contribution in [0.1, 0.15) is 19.8 Å². The predicted molar refractivity (Wildman–Crippen MR) is 60.8 cm³/mol. The highest BCUT2D eigenvalue weighted by Gasteiger charge is 2.14. The van der Waals surface area contributed by atoms with Crippen LogP contribution in [0.5, 0.6) is 0 Å². The lowest BCUT2D eigenvalue weighted by Gasteiger charge is -2.12. The van der Waals surface area contributed by atoms with E-state index in [4.69, 9.17) is 10.5 Å². The van der Waals surface area contributed by atoms with Crippen LogP contribution in [-0.2, 0) is 14.3 Å². The molecule has 0 aliphatic carbocycles. The number of rotatable bonds is 8. The van der Waals surface area contributed by atoms with Gasteiger partial charge in [0.2, 0.25) is 11.8 Å². The van der Waals surface area contributed by atoms with Gasteiger partial charge in [0.25, 0.3) is 0 Å². The van der Waals surface area contributed by atoms with E-state index in [0.29, 0.717) is 13.1 Å². The van der Waals surface area contributed by atoms with Gasteiger partial charge in [0.05, 0.1) is 0 Å². The van der Waals surface area contributed by atoms with Crippen molar-refractivity contribution >= 4 is 11.8 Å². The minimum absolute atomic E-state index is 0.0659. The molecule has 1 atom stereocenters. The first-order valence-corrected chi connectivity index (χ1v) is 5.43. The molecule has 0 spiro atoms. The molecule has 0 saturated heterocycles. The zero-order valence-corrected chi connectivity index (χ0v) is 9.91. The van der Waals surface area contributed by atoms with Crippen LogP contribution in [0.4, 0.5) is 0 Å². The number of hydrogen-bond acceptors (Lipinski definition) is 4. The number of ether oxygens (including phenoxy) is 1. The fourth-order valence-electron chi connectivity index (χ4n) is 1.08. The molecule has 0 aromatic rings. The molecule has 0 rings (SSSR count). The van der Waals surface area contributed by atoms with Gasteiger partial charge in [-0.05, 0) is 6.42 Å². The van der Waals surface area contributed by atoms with Crippen LogP contribution in [0.15, 0.2) is 0 Å². The van der Waals surface area contributed by atoms with Crippen molar-refractivity contribution < 1.29 is 14.3 Å². The molecule has 0 saturated carbocycles. The van der Waals surface area contributed by atoms with E-state index in [0.717, 1.165) is 6.42 Å². The Kier molecular flexibility index (Phi) is 8.46. The smallest absolute Gasteiger partial charge is 0.250 e. The van der Waals surface area contributed by atoms with Crippen LogP contribution in [0.3, 0.4) is 0 Å². The van der Waals surface area contributed by atoms with Crippen molar-refractivity contribution in [2.75, 3.05) is 26.7 Å². The van der Waals surface area contributed by atoms with E-state index < -0.39 is 6.10 Å². The maximum absolute atomic E-state index is 11.4. The second-order valence-electron chi connectivity index (χ2n) is 3.35. The van der Waals surface area contributed by atoms with Gasteiger partial charge in [0.15, 0.2) is 0 Å². The third kappa shape index (κ3) is 6.36. The molecule has 0 aromatic carbocycles. The number of nitrogens with one attached hydrogen (secondary N) is 2. The molecular weight excluding hydrogens is 210 g/mol. The average Bonchev–Trinajstić information content (AvgIpc) is 2.28. The summed E-state index contributed by atoms with van der Waals surface area (Å²) in [5, 5.41) is 5.30. The Morgan fingerprint density at radius 1 is 1.31 bits per heavy atom. The fourth-order valence-corrected chi connectivity index (χ4v) is 1.08. The zero-order chi connectivity index (χ0) is 12.4. The monoisotopic (exact) mass is 231 g/mol. The van der Waals surface area contributed by atoms with Crippen molar-refractivity contribution in [2.45, 2.75) is 25.9 Å². The Labute approximate surface area is 95.9 Å². The van der Waals surface area contributed by atoms with E-state index in [2.05, 4.69) is 10.6 Å². The summed E-state index contributed by atoms with van der Waals surface area (Å²) in [7, 11) is 1.42. The second-order valence-corrected chi connectivity index (χ2v) is 3.35. The number of nitrogens with two attached hydrogens (primary N) is 1. The molecule has 0 fully saturated rings. The minimum Gasteiger partial charge on any atom is -0.370 e. The van der Waals surface area contributed by atoms with Gasteiger partial charge in [0, 0.05) is 33.2 Å². The van der Waals surface area contributed by atoms with Gasteiger partial charge in [-0.15, -0.1) is 0 Å². The highest BCUT2D eigenvalue weighted by Crippen LogP contribution is 1.87. The Hall–Kier alpha value is -1.14. The molecule has 6 heteroatoms. The quantitative estimate of drug-likeness (QED) is 0.499. The fraction of sp³-hybridized carbons (Fsp3) is 0.800. The third-order valence-electron chi connectivity index (χ3n) is 2.01. The van der Waals surface area contributed by atoms with Crippen molar-refractivity contribution in [2.24, 2.45) is 5.73 Å². The van der Waals surface area contributed by atoms with Crippen molar-refractivity contribution in [3.8, 4) is 0 Å². The summed E-state index contributed by atoms with van der Waals surface area (Å²) in [5.74, 6) is -0.350. The van der Waals surface area contributed by atoms with E-state index in [1.54, 1.807) is 0 Å². The summed E-state index contributed by atoms with van der Waals surface area (Å²) < 4.78 is 4.85. The first-order valence-electron chi connectivity index (χ1n) is 5.43. The molecule has 0 aromatic heterocycles. The average molecular weight is 231 g/mol. The molecule has 6 nitrogen and oxygen atoms in total. The molecule has 0 heterocycles. The number of hydrogen-bond donors (Lipinski definition) is 3. The number of carbonyl (C=O) groups excluding carboxylic acids is 2. The molecule has 4 N–H and O–H groups in total. The summed E-state index contributed by atoms with van der Waals surface area (Å²) in [6.45, 7) is 3.07. The summed E-state index contributed by atoms with van der Waals surface area (Å²) >= 11 is 0. The van der Waals surface area contributed by atoms with Crippen molar-refractivity contribution in [3.05, 3.63) is 0 Å². The summed E-state index contributed by atoms with van der Waals surface area (Å²) in [5.41, 5.74) is 5.32. The van der Waals surface area contributed by atoms with Crippen LogP contribution in [0, 0.1) is 0 Å². The van der Waals surface area contributed by atoms with Crippen LogP contribution in [0.25, 0.3) is 0 Å². The summed E-state index contributed by atoms with van der Waals surface area (Å²) in [6.07, 6.45) is 0.530. The summed E-state index contributed by atoms with van der Waals surface area (Å²) in [4.78, 5) is 22.5. The van der Waals surface area contributed by atoms with E-state index in [1.807, 2.05) is 6.92 Å². The molecule has 94 valence electrons. The molecule has 0 aliphatic heterocycles. The SMILES string of the molecule is CCCNC(=O)CCNC(=O)C(CN)OC. The molecule has 16 heavy (non-hydrogen) atoms. The Morgan fingerprint density at radius 3 is 2.50 bits per heavy atom. The van der Waals surface area contributed by atoms with Crippen LogP contribution in [0.2, 0.25) is 0 Å². The summed E-state index contributed by atoms with van der Waals surface area (Å²) in [6, 6.07) is 0. The maximum Gasteiger partial charge on any atom is 0.250 e. The van der Waals surface area contributed by atoms with Gasteiger partial charge < -0.3 is 21.1 Å². The van der Waals surface area contributed by atoms with Gasteiger partial charge in [-0.2, -0.15) is 0 Å². The van der Waals surface area contributed by atoms with Gasteiger partial charge in [-0.1, -0.05) is 6.92 Å². The van der Waals surface area contributed by atoms with E-state index in [9.17, 15) is 9.59 Å². The lowest BCUT2D eigenvalue weighted by Crippen LogP contribution is -2.41. The van der Waals surface area contributed by atoms with E-state index in [-0.39, 0.29) is 24.8 Å². The number of methoxy groups -OCH3 is 1. The minimum atomic E-state index is -0.640. The second kappa shape index (κ2) is 9.11. The standard InChI is InChI=1S/C10H21N3O3/c1-3-5-12-9(14)4-6-13-10(15)8(7-11)16-2/h8H,3-7,11H2,1-2H3,(H,12,14)(H,13,15). The normalized spacial score (nSPS) is 11.9. The Balaban J connectivity index is 3.64. The maximum atomic E-state index is 11.4. The topological polar surface area (TPSA) is 93.5 Å². The molecular formula is C10H21N3O3. The third-order valence-corrected chi connectivity index (χ3v) is 2.01. The van der Waals surface area contributed by atoms with Crippen LogP contribution >= 0.6 is 0 Å². The Morgan fingerprint density at radius 2 is 2.00 bits per heavy atom. The number of amides is 2. The highest BCUT2D eigenvalue weighted by atomic mass is 16.5. The zero-order valence-electron chi connectivity index (χ0n) is 9.91. The first-order chi connectivity index (χ1) is 7.65. The van der Waals surface area contributed by atoms with Crippen molar-refractivity contribution in [3.63, 3.8) is 0 Å².